The van der Waals surface area contributed by atoms with Gasteiger partial charge in [-0.05, 0) is 43.4 Å². The third-order valence-electron chi connectivity index (χ3n) is 20.1. The van der Waals surface area contributed by atoms with Crippen LogP contribution in [0.1, 0.15) is 453 Å². The maximum Gasteiger partial charge on any atom is 0.472 e. The molecule has 0 aliphatic carbocycles. The lowest BCUT2D eigenvalue weighted by molar-refractivity contribution is -0.161. The topological polar surface area (TPSA) is 237 Å². The predicted octanol–water partition coefficient (Wildman–Crippen LogP) is 26.1. The Morgan fingerprint density at radius 2 is 0.438 bits per heavy atom. The van der Waals surface area contributed by atoms with Gasteiger partial charge in [0, 0.05) is 25.7 Å². The third kappa shape index (κ3) is 79.9. The zero-order valence-electron chi connectivity index (χ0n) is 69.2. The van der Waals surface area contributed by atoms with Crippen LogP contribution in [0.3, 0.4) is 0 Å². The van der Waals surface area contributed by atoms with Crippen molar-refractivity contribution in [2.45, 2.75) is 471 Å². The molecule has 5 atom stereocenters. The Morgan fingerprint density at radius 1 is 0.257 bits per heavy atom. The molecule has 0 radical (unpaired) electrons. The Labute approximate surface area is 645 Å². The van der Waals surface area contributed by atoms with Gasteiger partial charge in [-0.1, -0.05) is 402 Å². The number of ether oxygens (including phenoxy) is 4. The van der Waals surface area contributed by atoms with E-state index in [1.807, 2.05) is 0 Å². The van der Waals surface area contributed by atoms with Gasteiger partial charge < -0.3 is 33.8 Å². The number of esters is 4. The van der Waals surface area contributed by atoms with Crippen molar-refractivity contribution in [2.75, 3.05) is 39.6 Å². The van der Waals surface area contributed by atoms with E-state index in [0.29, 0.717) is 25.7 Å². The summed E-state index contributed by atoms with van der Waals surface area (Å²) in [6, 6.07) is 0. The minimum absolute atomic E-state index is 0.106. The van der Waals surface area contributed by atoms with E-state index >= 15 is 0 Å². The highest BCUT2D eigenvalue weighted by Crippen LogP contribution is 2.45. The van der Waals surface area contributed by atoms with Crippen molar-refractivity contribution in [3.63, 3.8) is 0 Å². The average Bonchev–Trinajstić information content (AvgIpc) is 0.905. The highest BCUT2D eigenvalue weighted by molar-refractivity contribution is 7.47. The second kappa shape index (κ2) is 76.1. The van der Waals surface area contributed by atoms with Gasteiger partial charge in [-0.3, -0.25) is 37.3 Å². The molecule has 19 heteroatoms. The highest BCUT2D eigenvalue weighted by Gasteiger charge is 2.30. The first-order chi connectivity index (χ1) is 50.7. The summed E-state index contributed by atoms with van der Waals surface area (Å²) in [7, 11) is -9.93. The molecule has 17 nitrogen and oxygen atoms in total. The van der Waals surface area contributed by atoms with Crippen LogP contribution in [-0.4, -0.2) is 96.7 Å². The number of carbonyl (C=O) groups is 4. The molecule has 0 saturated carbocycles. The number of hydrogen-bond donors (Lipinski definition) is 3. The molecule has 0 aromatic heterocycles. The van der Waals surface area contributed by atoms with E-state index in [9.17, 15) is 43.2 Å². The third-order valence-corrected chi connectivity index (χ3v) is 22.0. The van der Waals surface area contributed by atoms with Crippen LogP contribution in [0.4, 0.5) is 0 Å². The van der Waals surface area contributed by atoms with Gasteiger partial charge in [0.25, 0.3) is 0 Å². The molecule has 0 aromatic rings. The maximum atomic E-state index is 13.2. The number of unbranched alkanes of at least 4 members (excludes halogenated alkanes) is 52. The molecular formula is C86H168O17P2. The van der Waals surface area contributed by atoms with E-state index in [0.717, 1.165) is 108 Å². The molecule has 0 fully saturated rings. The number of aliphatic hydroxyl groups is 1. The summed E-state index contributed by atoms with van der Waals surface area (Å²) < 4.78 is 68.9. The molecule has 105 heavy (non-hydrogen) atoms. The van der Waals surface area contributed by atoms with Gasteiger partial charge >= 0.3 is 39.5 Å². The van der Waals surface area contributed by atoms with Crippen LogP contribution in [0.5, 0.6) is 0 Å². The van der Waals surface area contributed by atoms with E-state index in [-0.39, 0.29) is 25.7 Å². The van der Waals surface area contributed by atoms with Crippen molar-refractivity contribution in [1.82, 2.24) is 0 Å². The van der Waals surface area contributed by atoms with Crippen molar-refractivity contribution < 1.29 is 80.2 Å². The van der Waals surface area contributed by atoms with Crippen LogP contribution in [0, 0.1) is 17.8 Å². The average molecular weight is 1540 g/mol. The van der Waals surface area contributed by atoms with Gasteiger partial charge in [0.15, 0.2) is 12.2 Å². The van der Waals surface area contributed by atoms with Gasteiger partial charge in [0.05, 0.1) is 26.4 Å². The monoisotopic (exact) mass is 1540 g/mol. The van der Waals surface area contributed by atoms with Crippen LogP contribution in [-0.2, 0) is 65.4 Å². The Balaban J connectivity index is 5.25. The first kappa shape index (κ1) is 103. The number of carbonyl (C=O) groups excluding carboxylic acids is 4. The molecule has 3 N–H and O–H groups in total. The Bertz CT molecular complexity index is 2030. The van der Waals surface area contributed by atoms with Crippen molar-refractivity contribution in [1.29, 1.82) is 0 Å². The fourth-order valence-corrected chi connectivity index (χ4v) is 14.9. The molecule has 0 aliphatic rings. The number of hydrogen-bond acceptors (Lipinski definition) is 15. The van der Waals surface area contributed by atoms with Crippen LogP contribution in [0.15, 0.2) is 0 Å². The van der Waals surface area contributed by atoms with Crippen LogP contribution in [0.2, 0.25) is 0 Å². The fraction of sp³-hybridized carbons (Fsp3) is 0.953. The smallest absolute Gasteiger partial charge is 0.462 e. The van der Waals surface area contributed by atoms with Gasteiger partial charge in [-0.25, -0.2) is 9.13 Å². The molecular weight excluding hydrogens is 1370 g/mol. The molecule has 0 rings (SSSR count). The minimum atomic E-state index is -4.97. The molecule has 0 spiro atoms. The first-order valence-electron chi connectivity index (χ1n) is 44.3. The van der Waals surface area contributed by atoms with Crippen LogP contribution in [0.25, 0.3) is 0 Å². The SMILES string of the molecule is CCCCCCCCCCCCCCCCCCCCCCCC(=O)O[C@H](COC(=O)CCCCCCCCCCCCCCCCCC(C)C)COP(=O)(O)OC[C@@H](O)COP(=O)(O)OC[C@@H](COC(=O)CCCCCCCCCCCCC(C)C)OC(=O)CCCCCCCCCCCCC(C)C. The summed E-state index contributed by atoms with van der Waals surface area (Å²) in [4.78, 5) is 73.2. The molecule has 0 aromatic carbocycles. The zero-order valence-corrected chi connectivity index (χ0v) is 71.0. The van der Waals surface area contributed by atoms with Crippen molar-refractivity contribution in [3.05, 3.63) is 0 Å². The Morgan fingerprint density at radius 3 is 0.648 bits per heavy atom. The predicted molar refractivity (Wildman–Crippen MR) is 432 cm³/mol. The largest absolute Gasteiger partial charge is 0.472 e. The summed E-state index contributed by atoms with van der Waals surface area (Å²) in [6.07, 6.45) is 66.7. The molecule has 0 heterocycles. The van der Waals surface area contributed by atoms with E-state index < -0.39 is 97.5 Å². The second-order valence-electron chi connectivity index (χ2n) is 32.4. The zero-order chi connectivity index (χ0) is 77.2. The van der Waals surface area contributed by atoms with Gasteiger partial charge in [0.2, 0.25) is 0 Å². The van der Waals surface area contributed by atoms with Crippen LogP contribution >= 0.6 is 15.6 Å². The van der Waals surface area contributed by atoms with Crippen molar-refractivity contribution in [3.8, 4) is 0 Å². The molecule has 0 saturated heterocycles. The number of phosphoric ester groups is 2. The number of phosphoric acid groups is 2. The summed E-state index contributed by atoms with van der Waals surface area (Å²) in [5, 5.41) is 10.7. The summed E-state index contributed by atoms with van der Waals surface area (Å²) >= 11 is 0. The quantitative estimate of drug-likeness (QED) is 0.0222. The van der Waals surface area contributed by atoms with Crippen molar-refractivity contribution in [2.24, 2.45) is 17.8 Å². The Hall–Kier alpha value is -1.94. The summed E-state index contributed by atoms with van der Waals surface area (Å²) in [6.45, 7) is 12.0. The number of aliphatic hydroxyl groups excluding tert-OH is 1. The lowest BCUT2D eigenvalue weighted by Crippen LogP contribution is -2.30. The highest BCUT2D eigenvalue weighted by atomic mass is 31.2. The maximum absolute atomic E-state index is 13.2. The van der Waals surface area contributed by atoms with Gasteiger partial charge in [-0.15, -0.1) is 0 Å². The molecule has 0 aliphatic heterocycles. The molecule has 0 amide bonds. The Kier molecular flexibility index (Phi) is 74.7. The number of rotatable bonds is 84. The van der Waals surface area contributed by atoms with E-state index in [4.69, 9.17) is 37.0 Å². The van der Waals surface area contributed by atoms with Crippen LogP contribution < -0.4 is 0 Å². The fourth-order valence-electron chi connectivity index (χ4n) is 13.4. The first-order valence-corrected chi connectivity index (χ1v) is 47.3. The van der Waals surface area contributed by atoms with E-state index in [2.05, 4.69) is 48.5 Å². The van der Waals surface area contributed by atoms with Gasteiger partial charge in [-0.2, -0.15) is 0 Å². The van der Waals surface area contributed by atoms with E-state index in [1.54, 1.807) is 0 Å². The molecule has 0 bridgehead atoms. The minimum Gasteiger partial charge on any atom is -0.462 e. The van der Waals surface area contributed by atoms with Gasteiger partial charge in [0.1, 0.15) is 19.3 Å². The molecule has 2 unspecified atom stereocenters. The molecule has 624 valence electrons. The summed E-state index contributed by atoms with van der Waals surface area (Å²) in [5.74, 6) is 0.212. The normalized spacial score (nSPS) is 13.9. The standard InChI is InChI=1S/C86H168O17P2/c1-8-9-10-11-12-13-14-15-16-17-18-19-20-21-24-28-31-41-48-55-62-69-85(90)102-81(73-96-83(88)67-60-53-46-39-30-27-25-22-23-26-29-36-43-50-57-64-77(2)3)75-100-104(92,93)98-71-80(87)72-99-105(94,95)101-76-82(103-86(91)70-63-56-49-42-35-33-38-45-52-59-66-79(6)7)74-97-84(89)68-61-54-47-40-34-32-37-44-51-58-65-78(4)5/h77-82,87H,8-76H2,1-7H3,(H,92,93)(H,94,95)/t80-,81-,82-/m1/s1. The van der Waals surface area contributed by atoms with Crippen molar-refractivity contribution >= 4 is 39.5 Å². The van der Waals surface area contributed by atoms with E-state index in [1.165, 1.54) is 263 Å². The summed E-state index contributed by atoms with van der Waals surface area (Å²) in [5.41, 5.74) is 0. The lowest BCUT2D eigenvalue weighted by Gasteiger charge is -2.21. The lowest BCUT2D eigenvalue weighted by atomic mass is 10.0. The second-order valence-corrected chi connectivity index (χ2v) is 35.3.